The highest BCUT2D eigenvalue weighted by Gasteiger charge is 2.26. The molecule has 0 spiro atoms. The molecule has 1 aliphatic heterocycles. The number of nitrogens with zero attached hydrogens (tertiary/aromatic N) is 1. The van der Waals surface area contributed by atoms with E-state index >= 15 is 0 Å². The van der Waals surface area contributed by atoms with Crippen LogP contribution >= 0.6 is 15.9 Å². The summed E-state index contributed by atoms with van der Waals surface area (Å²) in [6.45, 7) is 9.36. The second-order valence-electron chi connectivity index (χ2n) is 6.72. The second kappa shape index (κ2) is 8.11. The van der Waals surface area contributed by atoms with Crippen molar-refractivity contribution in [2.45, 2.75) is 46.2 Å². The van der Waals surface area contributed by atoms with Gasteiger partial charge in [-0.3, -0.25) is 9.69 Å². The Morgan fingerprint density at radius 2 is 1.82 bits per heavy atom. The lowest BCUT2D eigenvalue weighted by molar-refractivity contribution is -0.127. The van der Waals surface area contributed by atoms with Gasteiger partial charge in [0.1, 0.15) is 0 Å². The van der Waals surface area contributed by atoms with Crippen LogP contribution in [0.25, 0.3) is 0 Å². The molecule has 1 aromatic carbocycles. The van der Waals surface area contributed by atoms with Gasteiger partial charge in [-0.15, -0.1) is 0 Å². The van der Waals surface area contributed by atoms with Gasteiger partial charge < -0.3 is 5.32 Å². The molecule has 0 aromatic heterocycles. The zero-order valence-corrected chi connectivity index (χ0v) is 15.4. The second-order valence-corrected chi connectivity index (χ2v) is 7.63. The van der Waals surface area contributed by atoms with Crippen LogP contribution in [0, 0.1) is 11.8 Å². The molecule has 22 heavy (non-hydrogen) atoms. The maximum absolute atomic E-state index is 12.3. The van der Waals surface area contributed by atoms with E-state index in [2.05, 4.69) is 71.2 Å². The summed E-state index contributed by atoms with van der Waals surface area (Å²) in [7, 11) is 0. The number of carbonyl (C=O) groups excluding carboxylic acids is 1. The number of benzene rings is 1. The Kier molecular flexibility index (Phi) is 6.45. The monoisotopic (exact) mass is 366 g/mol. The highest BCUT2D eigenvalue weighted by Crippen LogP contribution is 2.20. The highest BCUT2D eigenvalue weighted by atomic mass is 79.9. The van der Waals surface area contributed by atoms with Crippen molar-refractivity contribution < 1.29 is 4.79 Å². The molecule has 1 atom stereocenters. The molecule has 1 fully saturated rings. The topological polar surface area (TPSA) is 32.3 Å². The van der Waals surface area contributed by atoms with Crippen molar-refractivity contribution in [3.8, 4) is 0 Å². The van der Waals surface area contributed by atoms with Crippen LogP contribution in [0.2, 0.25) is 0 Å². The fraction of sp³-hybridized carbons (Fsp3) is 0.611. The van der Waals surface area contributed by atoms with Gasteiger partial charge in [0.15, 0.2) is 0 Å². The number of hydrogen-bond donors (Lipinski definition) is 1. The standard InChI is InChI=1S/C18H27BrN2O/c1-13(2)14(3)20-18(22)16-8-10-21(11-9-16)12-15-4-6-17(19)7-5-15/h4-7,13-14,16H,8-12H2,1-3H3,(H,20,22)/t14-/m0/s1. The van der Waals surface area contributed by atoms with E-state index in [1.54, 1.807) is 0 Å². The molecular formula is C18H27BrN2O. The van der Waals surface area contributed by atoms with Crippen LogP contribution in [0.1, 0.15) is 39.2 Å². The Bertz CT molecular complexity index is 478. The van der Waals surface area contributed by atoms with Gasteiger partial charge in [-0.05, 0) is 56.5 Å². The lowest BCUT2D eigenvalue weighted by atomic mass is 9.94. The Balaban J connectivity index is 1.77. The summed E-state index contributed by atoms with van der Waals surface area (Å²) in [4.78, 5) is 14.7. The van der Waals surface area contributed by atoms with Crippen LogP contribution in [0.3, 0.4) is 0 Å². The zero-order chi connectivity index (χ0) is 16.1. The largest absolute Gasteiger partial charge is 0.353 e. The molecule has 1 aliphatic rings. The van der Waals surface area contributed by atoms with E-state index in [1.807, 2.05) is 0 Å². The van der Waals surface area contributed by atoms with E-state index in [4.69, 9.17) is 0 Å². The van der Waals surface area contributed by atoms with Gasteiger partial charge in [-0.1, -0.05) is 41.9 Å². The highest BCUT2D eigenvalue weighted by molar-refractivity contribution is 9.10. The van der Waals surface area contributed by atoms with E-state index in [0.29, 0.717) is 5.92 Å². The normalized spacial score (nSPS) is 18.4. The maximum atomic E-state index is 12.3. The molecule has 2 rings (SSSR count). The van der Waals surface area contributed by atoms with Crippen molar-refractivity contribution in [1.82, 2.24) is 10.2 Å². The van der Waals surface area contributed by atoms with Gasteiger partial charge in [-0.2, -0.15) is 0 Å². The number of likely N-dealkylation sites (tertiary alicyclic amines) is 1. The molecule has 0 saturated carbocycles. The van der Waals surface area contributed by atoms with Crippen molar-refractivity contribution in [1.29, 1.82) is 0 Å². The predicted octanol–water partition coefficient (Wildman–Crippen LogP) is 3.82. The number of piperidine rings is 1. The summed E-state index contributed by atoms with van der Waals surface area (Å²) >= 11 is 3.47. The number of carbonyl (C=O) groups is 1. The third-order valence-corrected chi connectivity index (χ3v) is 5.18. The van der Waals surface area contributed by atoms with Crippen LogP contribution in [0.15, 0.2) is 28.7 Å². The summed E-state index contributed by atoms with van der Waals surface area (Å²) < 4.78 is 1.12. The lowest BCUT2D eigenvalue weighted by Crippen LogP contribution is -2.44. The first-order valence-corrected chi connectivity index (χ1v) is 9.02. The van der Waals surface area contributed by atoms with E-state index in [0.717, 1.165) is 36.9 Å². The van der Waals surface area contributed by atoms with Crippen LogP contribution in [0.5, 0.6) is 0 Å². The first kappa shape index (κ1) is 17.5. The van der Waals surface area contributed by atoms with Gasteiger partial charge in [0.05, 0.1) is 0 Å². The molecule has 0 unspecified atom stereocenters. The average Bonchev–Trinajstić information content (AvgIpc) is 2.50. The number of amides is 1. The third kappa shape index (κ3) is 5.10. The van der Waals surface area contributed by atoms with Gasteiger partial charge in [0.25, 0.3) is 0 Å². The minimum Gasteiger partial charge on any atom is -0.353 e. The van der Waals surface area contributed by atoms with Crippen molar-refractivity contribution >= 4 is 21.8 Å². The van der Waals surface area contributed by atoms with Crippen molar-refractivity contribution in [3.05, 3.63) is 34.3 Å². The summed E-state index contributed by atoms with van der Waals surface area (Å²) in [5, 5.41) is 3.16. The number of halogens is 1. The van der Waals surface area contributed by atoms with Crippen LogP contribution < -0.4 is 5.32 Å². The summed E-state index contributed by atoms with van der Waals surface area (Å²) in [5.41, 5.74) is 1.33. The maximum Gasteiger partial charge on any atom is 0.223 e. The Morgan fingerprint density at radius 1 is 1.23 bits per heavy atom. The summed E-state index contributed by atoms with van der Waals surface area (Å²) in [5.74, 6) is 0.910. The predicted molar refractivity (Wildman–Crippen MR) is 94.6 cm³/mol. The minimum atomic E-state index is 0.183. The molecule has 4 heteroatoms. The first-order chi connectivity index (χ1) is 10.5. The van der Waals surface area contributed by atoms with E-state index in [9.17, 15) is 4.79 Å². The smallest absolute Gasteiger partial charge is 0.223 e. The lowest BCUT2D eigenvalue weighted by Gasteiger charge is -2.32. The van der Waals surface area contributed by atoms with Gasteiger partial charge >= 0.3 is 0 Å². The number of rotatable bonds is 5. The van der Waals surface area contributed by atoms with Crippen molar-refractivity contribution in [2.75, 3.05) is 13.1 Å². The number of hydrogen-bond acceptors (Lipinski definition) is 2. The molecule has 0 aliphatic carbocycles. The first-order valence-electron chi connectivity index (χ1n) is 8.23. The molecule has 1 aromatic rings. The molecule has 122 valence electrons. The molecule has 1 saturated heterocycles. The molecule has 3 nitrogen and oxygen atoms in total. The Hall–Kier alpha value is -0.870. The molecular weight excluding hydrogens is 340 g/mol. The van der Waals surface area contributed by atoms with Crippen LogP contribution in [-0.2, 0) is 11.3 Å². The Labute approximate surface area is 142 Å². The average molecular weight is 367 g/mol. The molecule has 0 radical (unpaired) electrons. The molecule has 1 N–H and O–H groups in total. The summed E-state index contributed by atoms with van der Waals surface area (Å²) in [6, 6.07) is 8.75. The van der Waals surface area contributed by atoms with E-state index in [-0.39, 0.29) is 17.9 Å². The molecule has 1 heterocycles. The SMILES string of the molecule is CC(C)[C@H](C)NC(=O)C1CCN(Cc2ccc(Br)cc2)CC1. The Morgan fingerprint density at radius 3 is 2.36 bits per heavy atom. The summed E-state index contributed by atoms with van der Waals surface area (Å²) in [6.07, 6.45) is 1.93. The van der Waals surface area contributed by atoms with Gasteiger partial charge in [-0.25, -0.2) is 0 Å². The van der Waals surface area contributed by atoms with Gasteiger partial charge in [0, 0.05) is 23.0 Å². The number of nitrogens with one attached hydrogen (secondary N) is 1. The fourth-order valence-electron chi connectivity index (χ4n) is 2.71. The van der Waals surface area contributed by atoms with E-state index < -0.39 is 0 Å². The van der Waals surface area contributed by atoms with Gasteiger partial charge in [0.2, 0.25) is 5.91 Å². The minimum absolute atomic E-state index is 0.183. The zero-order valence-electron chi connectivity index (χ0n) is 13.8. The molecule has 1 amide bonds. The van der Waals surface area contributed by atoms with E-state index in [1.165, 1.54) is 5.56 Å². The third-order valence-electron chi connectivity index (χ3n) is 4.65. The van der Waals surface area contributed by atoms with Crippen molar-refractivity contribution in [3.63, 3.8) is 0 Å². The fourth-order valence-corrected chi connectivity index (χ4v) is 2.97. The van der Waals surface area contributed by atoms with Crippen LogP contribution in [-0.4, -0.2) is 29.9 Å². The van der Waals surface area contributed by atoms with Crippen LogP contribution in [0.4, 0.5) is 0 Å². The van der Waals surface area contributed by atoms with Crippen molar-refractivity contribution in [2.24, 2.45) is 11.8 Å². The quantitative estimate of drug-likeness (QED) is 0.858. The molecule has 0 bridgehead atoms.